The van der Waals surface area contributed by atoms with Crippen molar-refractivity contribution in [3.8, 4) is 23.7 Å². The van der Waals surface area contributed by atoms with Gasteiger partial charge >= 0.3 is 0 Å². The molecule has 0 saturated heterocycles. The van der Waals surface area contributed by atoms with Gasteiger partial charge in [-0.1, -0.05) is 11.8 Å². The van der Waals surface area contributed by atoms with Crippen LogP contribution in [0.3, 0.4) is 0 Å². The molecule has 0 aliphatic rings. The molecular formula is C12H6O2. The van der Waals surface area contributed by atoms with Crippen molar-refractivity contribution in [1.29, 1.82) is 0 Å². The number of hydrogen-bond donors (Lipinski definition) is 0. The van der Waals surface area contributed by atoms with Crippen LogP contribution in [0.25, 0.3) is 0 Å². The van der Waals surface area contributed by atoms with Crippen molar-refractivity contribution in [1.82, 2.24) is 0 Å². The standard InChI is InChI=1S/C12H6O2/c13-9-1-3-11-5-7-12(8-6-11)4-2-10-14/h5-10H. The monoisotopic (exact) mass is 182 g/mol. The van der Waals surface area contributed by atoms with E-state index in [9.17, 15) is 9.59 Å². The van der Waals surface area contributed by atoms with Crippen LogP contribution >= 0.6 is 0 Å². The molecule has 0 aromatic heterocycles. The molecule has 0 saturated carbocycles. The number of carbonyl (C=O) groups excluding carboxylic acids is 2. The van der Waals surface area contributed by atoms with Gasteiger partial charge in [-0.3, -0.25) is 9.59 Å². The Kier molecular flexibility index (Phi) is 3.73. The topological polar surface area (TPSA) is 34.1 Å². The maximum Gasteiger partial charge on any atom is 0.193 e. The van der Waals surface area contributed by atoms with E-state index in [4.69, 9.17) is 0 Å². The van der Waals surface area contributed by atoms with E-state index in [1.807, 2.05) is 0 Å². The molecule has 0 spiro atoms. The van der Waals surface area contributed by atoms with E-state index >= 15 is 0 Å². The molecular weight excluding hydrogens is 176 g/mol. The predicted molar refractivity (Wildman–Crippen MR) is 52.3 cm³/mol. The second kappa shape index (κ2) is 5.35. The Hall–Kier alpha value is -2.32. The SMILES string of the molecule is O=CC#Cc1ccc(C#CC=O)cc1. The summed E-state index contributed by atoms with van der Waals surface area (Å²) in [7, 11) is 0. The second-order valence-corrected chi connectivity index (χ2v) is 2.35. The van der Waals surface area contributed by atoms with E-state index in [1.165, 1.54) is 0 Å². The zero-order chi connectivity index (χ0) is 10.2. The summed E-state index contributed by atoms with van der Waals surface area (Å²) in [4.78, 5) is 19.9. The van der Waals surface area contributed by atoms with Crippen LogP contribution in [0, 0.1) is 23.7 Å². The molecule has 14 heavy (non-hydrogen) atoms. The molecule has 2 heteroatoms. The van der Waals surface area contributed by atoms with E-state index < -0.39 is 0 Å². The molecule has 2 nitrogen and oxygen atoms in total. The number of carbonyl (C=O) groups is 2. The van der Waals surface area contributed by atoms with Crippen LogP contribution in [0.1, 0.15) is 11.1 Å². The average Bonchev–Trinajstić information content (AvgIpc) is 2.25. The predicted octanol–water partition coefficient (Wildman–Crippen LogP) is 0.787. The van der Waals surface area contributed by atoms with Gasteiger partial charge in [-0.05, 0) is 36.1 Å². The first kappa shape index (κ1) is 9.77. The summed E-state index contributed by atoms with van der Waals surface area (Å²) in [5.74, 6) is 9.89. The van der Waals surface area contributed by atoms with Crippen LogP contribution in [-0.2, 0) is 9.59 Å². The van der Waals surface area contributed by atoms with Crippen molar-refractivity contribution < 1.29 is 9.59 Å². The molecule has 0 amide bonds. The summed E-state index contributed by atoms with van der Waals surface area (Å²) in [6.07, 6.45) is 1.08. The van der Waals surface area contributed by atoms with Gasteiger partial charge in [0, 0.05) is 11.1 Å². The van der Waals surface area contributed by atoms with Crippen molar-refractivity contribution in [2.75, 3.05) is 0 Å². The highest BCUT2D eigenvalue weighted by atomic mass is 16.1. The van der Waals surface area contributed by atoms with Gasteiger partial charge in [0.05, 0.1) is 0 Å². The fourth-order valence-corrected chi connectivity index (χ4v) is 0.862. The molecule has 0 heterocycles. The number of rotatable bonds is 0. The number of aldehydes is 2. The van der Waals surface area contributed by atoms with Crippen LogP contribution < -0.4 is 0 Å². The zero-order valence-corrected chi connectivity index (χ0v) is 7.28. The smallest absolute Gasteiger partial charge is 0.193 e. The van der Waals surface area contributed by atoms with Gasteiger partial charge in [0.1, 0.15) is 0 Å². The van der Waals surface area contributed by atoms with Gasteiger partial charge in [-0.2, -0.15) is 0 Å². The highest BCUT2D eigenvalue weighted by Crippen LogP contribution is 2.01. The largest absolute Gasteiger partial charge is 0.289 e. The normalized spacial score (nSPS) is 7.43. The summed E-state index contributed by atoms with van der Waals surface area (Å²) in [6, 6.07) is 6.97. The van der Waals surface area contributed by atoms with Crippen LogP contribution in [0.5, 0.6) is 0 Å². The van der Waals surface area contributed by atoms with Crippen LogP contribution in [0.15, 0.2) is 24.3 Å². The first-order valence-electron chi connectivity index (χ1n) is 3.87. The minimum atomic E-state index is 0.542. The summed E-state index contributed by atoms with van der Waals surface area (Å²) in [5.41, 5.74) is 1.49. The van der Waals surface area contributed by atoms with Gasteiger partial charge < -0.3 is 0 Å². The van der Waals surface area contributed by atoms with Crippen LogP contribution in [0.4, 0.5) is 0 Å². The molecule has 1 aromatic rings. The highest BCUT2D eigenvalue weighted by molar-refractivity contribution is 5.74. The molecule has 0 atom stereocenters. The van der Waals surface area contributed by atoms with Gasteiger partial charge in [0.2, 0.25) is 0 Å². The lowest BCUT2D eigenvalue weighted by atomic mass is 10.1. The molecule has 0 aliphatic heterocycles. The molecule has 0 bridgehead atoms. The molecule has 0 radical (unpaired) electrons. The summed E-state index contributed by atoms with van der Waals surface area (Å²) < 4.78 is 0. The van der Waals surface area contributed by atoms with Gasteiger partial charge in [0.15, 0.2) is 12.6 Å². The van der Waals surface area contributed by atoms with E-state index in [2.05, 4.69) is 23.7 Å². The zero-order valence-electron chi connectivity index (χ0n) is 7.28. The highest BCUT2D eigenvalue weighted by Gasteiger charge is 1.87. The van der Waals surface area contributed by atoms with Crippen LogP contribution in [-0.4, -0.2) is 12.6 Å². The molecule has 0 aliphatic carbocycles. The quantitative estimate of drug-likeness (QED) is 0.439. The van der Waals surface area contributed by atoms with Gasteiger partial charge in [-0.25, -0.2) is 0 Å². The minimum Gasteiger partial charge on any atom is -0.289 e. The maximum atomic E-state index is 9.95. The average molecular weight is 182 g/mol. The molecule has 0 unspecified atom stereocenters. The Morgan fingerprint density at radius 2 is 1.14 bits per heavy atom. The van der Waals surface area contributed by atoms with Crippen LogP contribution in [0.2, 0.25) is 0 Å². The van der Waals surface area contributed by atoms with E-state index in [0.717, 1.165) is 11.1 Å². The van der Waals surface area contributed by atoms with Crippen molar-refractivity contribution >= 4 is 12.6 Å². The van der Waals surface area contributed by atoms with Crippen molar-refractivity contribution in [2.45, 2.75) is 0 Å². The lowest BCUT2D eigenvalue weighted by Crippen LogP contribution is -1.77. The van der Waals surface area contributed by atoms with E-state index in [0.29, 0.717) is 12.6 Å². The number of benzene rings is 1. The summed E-state index contributed by atoms with van der Waals surface area (Å²) >= 11 is 0. The van der Waals surface area contributed by atoms with Crippen molar-refractivity contribution in [2.24, 2.45) is 0 Å². The van der Waals surface area contributed by atoms with Crippen molar-refractivity contribution in [3.63, 3.8) is 0 Å². The summed E-state index contributed by atoms with van der Waals surface area (Å²) in [6.45, 7) is 0. The fourth-order valence-electron chi connectivity index (χ4n) is 0.862. The Bertz CT molecular complexity index is 402. The van der Waals surface area contributed by atoms with E-state index in [1.54, 1.807) is 24.3 Å². The van der Waals surface area contributed by atoms with Crippen molar-refractivity contribution in [3.05, 3.63) is 35.4 Å². The lowest BCUT2D eigenvalue weighted by Gasteiger charge is -1.89. The van der Waals surface area contributed by atoms with E-state index in [-0.39, 0.29) is 0 Å². The Morgan fingerprint density at radius 3 is 1.43 bits per heavy atom. The fraction of sp³-hybridized carbons (Fsp3) is 0. The van der Waals surface area contributed by atoms with Gasteiger partial charge in [0.25, 0.3) is 0 Å². The minimum absolute atomic E-state index is 0.542. The lowest BCUT2D eigenvalue weighted by molar-refractivity contribution is -0.104. The third-order valence-electron chi connectivity index (χ3n) is 1.44. The first-order valence-corrected chi connectivity index (χ1v) is 3.87. The molecule has 1 aromatic carbocycles. The number of hydrogen-bond acceptors (Lipinski definition) is 2. The van der Waals surface area contributed by atoms with Gasteiger partial charge in [-0.15, -0.1) is 0 Å². The Morgan fingerprint density at radius 1 is 0.786 bits per heavy atom. The molecule has 0 fully saturated rings. The first-order chi connectivity index (χ1) is 6.86. The molecule has 1 rings (SSSR count). The summed E-state index contributed by atoms with van der Waals surface area (Å²) in [5, 5.41) is 0. The third kappa shape index (κ3) is 2.97. The maximum absolute atomic E-state index is 9.95. The molecule has 66 valence electrons. The Balaban J connectivity index is 2.88. The molecule has 0 N–H and O–H groups in total. The third-order valence-corrected chi connectivity index (χ3v) is 1.44. The Labute approximate surface area is 81.9 Å². The second-order valence-electron chi connectivity index (χ2n) is 2.35.